The number of primary amides is 1. The summed E-state index contributed by atoms with van der Waals surface area (Å²) in [6.45, 7) is 0. The molecule has 90 valence electrons. The molecule has 0 saturated heterocycles. The molecule has 0 bridgehead atoms. The third-order valence-electron chi connectivity index (χ3n) is 0.921. The Bertz CT molecular complexity index is 457. The lowest BCUT2D eigenvalue weighted by atomic mass is 10.6. The molecule has 0 spiro atoms. The number of nitrogens with zero attached hydrogens (tertiary/aromatic N) is 1. The van der Waals surface area contributed by atoms with Crippen molar-refractivity contribution < 1.29 is 14.4 Å². The van der Waals surface area contributed by atoms with E-state index in [-0.39, 0.29) is 5.82 Å². The number of hydrogen-bond acceptors (Lipinski definition) is 7. The molecule has 6 N–H and O–H groups in total. The molecule has 0 aliphatic carbocycles. The maximum Gasteiger partial charge on any atom is 0.346 e. The maximum atomic E-state index is 10.5. The molecule has 0 atom stereocenters. The summed E-state index contributed by atoms with van der Waals surface area (Å²) in [5.74, 6) is 0.140. The van der Waals surface area contributed by atoms with Gasteiger partial charge in [0.15, 0.2) is 0 Å². The molecule has 1 rings (SSSR count). The number of H-pyrrole nitrogens is 1. The molecule has 1 heterocycles. The van der Waals surface area contributed by atoms with Crippen LogP contribution in [0.4, 0.5) is 10.6 Å². The largest absolute Gasteiger partial charge is 0.351 e. The van der Waals surface area contributed by atoms with E-state index in [1.807, 2.05) is 0 Å². The molecule has 0 radical (unpaired) electrons. The van der Waals surface area contributed by atoms with E-state index in [0.29, 0.717) is 0 Å². The van der Waals surface area contributed by atoms with Gasteiger partial charge in [0.05, 0.1) is 0 Å². The van der Waals surface area contributed by atoms with E-state index in [1.54, 1.807) is 0 Å². The highest BCUT2D eigenvalue weighted by molar-refractivity contribution is 5.86. The predicted molar refractivity (Wildman–Crippen MR) is 54.9 cm³/mol. The fraction of sp³-hybridized carbons (Fsp3) is 0. The minimum Gasteiger partial charge on any atom is -0.351 e. The van der Waals surface area contributed by atoms with Gasteiger partial charge in [0.1, 0.15) is 5.82 Å². The zero-order chi connectivity index (χ0) is 13.7. The van der Waals surface area contributed by atoms with Gasteiger partial charge >= 0.3 is 11.7 Å². The van der Waals surface area contributed by atoms with Gasteiger partial charge < -0.3 is 10.7 Å². The second-order valence-electron chi connectivity index (χ2n) is 1.97. The summed E-state index contributed by atoms with van der Waals surface area (Å²) in [5, 5.41) is 13.0. The van der Waals surface area contributed by atoms with E-state index in [4.69, 9.17) is 26.1 Å². The van der Waals surface area contributed by atoms with Crippen LogP contribution in [0.25, 0.3) is 0 Å². The van der Waals surface area contributed by atoms with Crippen molar-refractivity contribution in [3.8, 4) is 0 Å². The Kier molecular flexibility index (Phi) is 10.6. The Balaban J connectivity index is 0. The van der Waals surface area contributed by atoms with E-state index in [0.717, 1.165) is 12.2 Å². The van der Waals surface area contributed by atoms with Crippen LogP contribution < -0.4 is 16.7 Å². The molecule has 0 unspecified atom stereocenters. The minimum absolute atomic E-state index is 0.140. The highest BCUT2D eigenvalue weighted by Gasteiger charge is 1.95. The molecule has 0 aromatic carbocycles. The monoisotopic (exact) mass is 240 g/mol. The molecule has 10 nitrogen and oxygen atoms in total. The standard InChI is InChI=1S/C5H6N4O2.2CHNO/c6-4(10)8-3-1-2-7-5(11)9-3;2*2-1-3/h1-2H,(H4,6,7,8,9,10,11);2*2H. The molecular weight excluding hydrogens is 232 g/mol. The van der Waals surface area contributed by atoms with Crippen LogP contribution in [0.1, 0.15) is 0 Å². The lowest BCUT2D eigenvalue weighted by molar-refractivity contribution is 0.259. The van der Waals surface area contributed by atoms with Crippen LogP contribution in [-0.2, 0) is 9.59 Å². The van der Waals surface area contributed by atoms with E-state index in [2.05, 4.69) is 15.3 Å². The molecule has 0 aliphatic heterocycles. The second kappa shape index (κ2) is 11.0. The number of urea groups is 1. The summed E-state index contributed by atoms with van der Waals surface area (Å²) in [6.07, 6.45) is 2.86. The number of aromatic amines is 1. The zero-order valence-electron chi connectivity index (χ0n) is 8.31. The van der Waals surface area contributed by atoms with Crippen LogP contribution in [-0.4, -0.2) is 28.2 Å². The van der Waals surface area contributed by atoms with Gasteiger partial charge in [-0.05, 0) is 6.07 Å². The van der Waals surface area contributed by atoms with Crippen molar-refractivity contribution in [3.63, 3.8) is 0 Å². The van der Waals surface area contributed by atoms with Crippen molar-refractivity contribution in [2.75, 3.05) is 5.32 Å². The molecule has 1 aromatic rings. The second-order valence-corrected chi connectivity index (χ2v) is 1.97. The Labute approximate surface area is 93.9 Å². The lowest BCUT2D eigenvalue weighted by Gasteiger charge is -1.96. The average Bonchev–Trinajstić information content (AvgIpc) is 2.18. The van der Waals surface area contributed by atoms with Gasteiger partial charge in [0.2, 0.25) is 12.2 Å². The van der Waals surface area contributed by atoms with Gasteiger partial charge in [-0.2, -0.15) is 4.98 Å². The number of carbonyl (C=O) groups is 1. The zero-order valence-corrected chi connectivity index (χ0v) is 8.31. The van der Waals surface area contributed by atoms with Crippen LogP contribution in [0.2, 0.25) is 0 Å². The van der Waals surface area contributed by atoms with Gasteiger partial charge in [0.25, 0.3) is 0 Å². The van der Waals surface area contributed by atoms with Crippen molar-refractivity contribution >= 4 is 24.0 Å². The number of isocyanates is 2. The van der Waals surface area contributed by atoms with E-state index < -0.39 is 11.7 Å². The summed E-state index contributed by atoms with van der Waals surface area (Å²) in [5.41, 5.74) is 4.24. The van der Waals surface area contributed by atoms with Gasteiger partial charge in [-0.3, -0.25) is 5.32 Å². The predicted octanol–water partition coefficient (Wildman–Crippen LogP) is -0.938. The number of amides is 2. The van der Waals surface area contributed by atoms with Gasteiger partial charge in [-0.15, -0.1) is 0 Å². The van der Waals surface area contributed by atoms with Crippen molar-refractivity contribution in [3.05, 3.63) is 22.7 Å². The van der Waals surface area contributed by atoms with Crippen molar-refractivity contribution in [1.29, 1.82) is 10.8 Å². The van der Waals surface area contributed by atoms with Crippen LogP contribution in [0, 0.1) is 10.8 Å². The number of aromatic nitrogens is 2. The summed E-state index contributed by atoms with van der Waals surface area (Å²) in [4.78, 5) is 43.1. The molecule has 17 heavy (non-hydrogen) atoms. The first-order chi connectivity index (χ1) is 8.01. The summed E-state index contributed by atoms with van der Waals surface area (Å²) in [7, 11) is 0. The smallest absolute Gasteiger partial charge is 0.346 e. The van der Waals surface area contributed by atoms with Crippen molar-refractivity contribution in [2.24, 2.45) is 5.73 Å². The Morgan fingerprint density at radius 3 is 2.24 bits per heavy atom. The average molecular weight is 240 g/mol. The number of hydrogen-bond donors (Lipinski definition) is 5. The fourth-order valence-corrected chi connectivity index (χ4v) is 0.567. The number of nitrogens with two attached hydrogens (primary N) is 1. The molecule has 10 heteroatoms. The molecule has 1 aromatic heterocycles. The van der Waals surface area contributed by atoms with Crippen LogP contribution >= 0.6 is 0 Å². The van der Waals surface area contributed by atoms with Crippen LogP contribution in [0.15, 0.2) is 17.1 Å². The van der Waals surface area contributed by atoms with Crippen molar-refractivity contribution in [2.45, 2.75) is 0 Å². The van der Waals surface area contributed by atoms with E-state index in [9.17, 15) is 9.59 Å². The molecule has 0 fully saturated rings. The summed E-state index contributed by atoms with van der Waals surface area (Å²) in [6, 6.07) is 0.676. The number of carbonyl (C=O) groups excluding carboxylic acids is 3. The number of nitrogens with one attached hydrogen (secondary N) is 4. The summed E-state index contributed by atoms with van der Waals surface area (Å²) < 4.78 is 0. The van der Waals surface area contributed by atoms with Gasteiger partial charge in [-0.25, -0.2) is 30.0 Å². The molecule has 2 amide bonds. The highest BCUT2D eigenvalue weighted by atomic mass is 16.2. The highest BCUT2D eigenvalue weighted by Crippen LogP contribution is 1.93. The third kappa shape index (κ3) is 12.9. The maximum absolute atomic E-state index is 10.5. The van der Waals surface area contributed by atoms with Gasteiger partial charge in [-0.1, -0.05) is 0 Å². The topological polar surface area (TPSA) is 183 Å². The first kappa shape index (κ1) is 16.3. The third-order valence-corrected chi connectivity index (χ3v) is 0.921. The minimum atomic E-state index is -0.747. The number of anilines is 1. The van der Waals surface area contributed by atoms with E-state index in [1.165, 1.54) is 12.3 Å². The van der Waals surface area contributed by atoms with E-state index >= 15 is 0 Å². The fourth-order valence-electron chi connectivity index (χ4n) is 0.567. The molecule has 0 aliphatic rings. The number of rotatable bonds is 1. The Morgan fingerprint density at radius 2 is 1.88 bits per heavy atom. The molecular formula is C7H8N6O4. The first-order valence-corrected chi connectivity index (χ1v) is 3.71. The van der Waals surface area contributed by atoms with Crippen molar-refractivity contribution in [1.82, 2.24) is 9.97 Å². The quantitative estimate of drug-likeness (QED) is 0.313. The Morgan fingerprint density at radius 1 is 1.41 bits per heavy atom. The van der Waals surface area contributed by atoms with Crippen LogP contribution in [0.5, 0.6) is 0 Å². The molecule has 0 saturated carbocycles. The Hall–Kier alpha value is -3.09. The SMILES string of the molecule is N=C=O.N=C=O.NC(=O)Nc1cc[nH]c(=O)n1. The normalized spacial score (nSPS) is 6.82. The van der Waals surface area contributed by atoms with Gasteiger partial charge in [0, 0.05) is 6.20 Å². The van der Waals surface area contributed by atoms with Crippen LogP contribution in [0.3, 0.4) is 0 Å². The first-order valence-electron chi connectivity index (χ1n) is 3.71. The lowest BCUT2D eigenvalue weighted by Crippen LogP contribution is -2.22. The summed E-state index contributed by atoms with van der Waals surface area (Å²) >= 11 is 0.